The molecule has 2 unspecified atom stereocenters. The van der Waals surface area contributed by atoms with Gasteiger partial charge in [0.05, 0.1) is 6.10 Å². The Hall–Kier alpha value is -0.650. The molecule has 0 radical (unpaired) electrons. The highest BCUT2D eigenvalue weighted by Crippen LogP contribution is 2.15. The van der Waals surface area contributed by atoms with E-state index in [9.17, 15) is 4.79 Å². The van der Waals surface area contributed by atoms with E-state index in [2.05, 4.69) is 24.1 Å². The molecule has 2 rings (SSSR count). The molecule has 0 bridgehead atoms. The first kappa shape index (κ1) is 16.7. The summed E-state index contributed by atoms with van der Waals surface area (Å²) >= 11 is 0. The number of nitrogens with zero attached hydrogens (tertiary/aromatic N) is 2. The fraction of sp³-hybridized carbons (Fsp3) is 0.938. The first-order chi connectivity index (χ1) is 10.2. The van der Waals surface area contributed by atoms with Crippen LogP contribution in [0, 0.1) is 0 Å². The summed E-state index contributed by atoms with van der Waals surface area (Å²) < 4.78 is 5.72. The third-order valence-electron chi connectivity index (χ3n) is 4.46. The lowest BCUT2D eigenvalue weighted by molar-refractivity contribution is -0.131. The number of hydrogen-bond acceptors (Lipinski definition) is 4. The van der Waals surface area contributed by atoms with Crippen LogP contribution in [0.4, 0.5) is 0 Å². The predicted octanol–water partition coefficient (Wildman–Crippen LogP) is 1.09. The third kappa shape index (κ3) is 5.57. The van der Waals surface area contributed by atoms with Crippen molar-refractivity contribution < 1.29 is 9.53 Å². The molecule has 0 aromatic carbocycles. The molecule has 2 saturated heterocycles. The fourth-order valence-corrected chi connectivity index (χ4v) is 3.29. The minimum Gasteiger partial charge on any atom is -0.377 e. The number of hydrogen-bond donors (Lipinski definition) is 1. The molecule has 0 aliphatic carbocycles. The molecule has 0 spiro atoms. The van der Waals surface area contributed by atoms with E-state index in [1.165, 1.54) is 12.8 Å². The number of carbonyl (C=O) groups is 1. The molecule has 2 fully saturated rings. The maximum absolute atomic E-state index is 12.3. The lowest BCUT2D eigenvalue weighted by Gasteiger charge is -2.24. The van der Waals surface area contributed by atoms with Crippen molar-refractivity contribution in [1.29, 1.82) is 0 Å². The Balaban J connectivity index is 1.73. The van der Waals surface area contributed by atoms with E-state index < -0.39 is 0 Å². The van der Waals surface area contributed by atoms with Gasteiger partial charge in [-0.3, -0.25) is 9.69 Å². The summed E-state index contributed by atoms with van der Waals surface area (Å²) in [5, 5.41) is 3.31. The van der Waals surface area contributed by atoms with Crippen LogP contribution in [0.5, 0.6) is 0 Å². The minimum absolute atomic E-state index is 0.272. The van der Waals surface area contributed by atoms with Gasteiger partial charge in [0.15, 0.2) is 0 Å². The normalized spacial score (nSPS) is 25.8. The number of carbonyl (C=O) groups excluding carboxylic acids is 1. The van der Waals surface area contributed by atoms with E-state index in [1.54, 1.807) is 0 Å². The van der Waals surface area contributed by atoms with Crippen LogP contribution in [0.25, 0.3) is 0 Å². The Morgan fingerprint density at radius 2 is 2.14 bits per heavy atom. The quantitative estimate of drug-likeness (QED) is 0.797. The van der Waals surface area contributed by atoms with Crippen molar-refractivity contribution >= 4 is 5.91 Å². The Labute approximate surface area is 129 Å². The summed E-state index contributed by atoms with van der Waals surface area (Å²) in [7, 11) is 0. The molecule has 21 heavy (non-hydrogen) atoms. The second-order valence-electron chi connectivity index (χ2n) is 6.33. The lowest BCUT2D eigenvalue weighted by atomic mass is 10.2. The van der Waals surface area contributed by atoms with Gasteiger partial charge in [-0.25, -0.2) is 0 Å². The molecule has 1 N–H and O–H groups in total. The van der Waals surface area contributed by atoms with Crippen LogP contribution < -0.4 is 5.32 Å². The van der Waals surface area contributed by atoms with Crippen LogP contribution in [0.1, 0.15) is 39.5 Å². The Morgan fingerprint density at radius 3 is 2.86 bits per heavy atom. The van der Waals surface area contributed by atoms with Crippen molar-refractivity contribution in [2.75, 3.05) is 45.9 Å². The summed E-state index contributed by atoms with van der Waals surface area (Å²) in [4.78, 5) is 16.8. The average molecular weight is 297 g/mol. The summed E-state index contributed by atoms with van der Waals surface area (Å²) in [6.07, 6.45) is 4.50. The van der Waals surface area contributed by atoms with E-state index in [0.717, 1.165) is 52.3 Å². The van der Waals surface area contributed by atoms with Crippen LogP contribution >= 0.6 is 0 Å². The standard InChI is InChI=1S/C16H31N3O2/c1-3-17-14(2)12-16(20)19-8-5-7-18(9-10-19)13-15-6-4-11-21-15/h14-15,17H,3-13H2,1-2H3. The molecule has 2 aliphatic heterocycles. The minimum atomic E-state index is 0.272. The van der Waals surface area contributed by atoms with Crippen LogP contribution in [0.3, 0.4) is 0 Å². The van der Waals surface area contributed by atoms with Crippen molar-refractivity contribution in [3.05, 3.63) is 0 Å². The molecule has 2 heterocycles. The average Bonchev–Trinajstić information content (AvgIpc) is 2.83. The van der Waals surface area contributed by atoms with Gasteiger partial charge in [-0.1, -0.05) is 6.92 Å². The topological polar surface area (TPSA) is 44.8 Å². The number of nitrogens with one attached hydrogen (secondary N) is 1. The SMILES string of the molecule is CCNC(C)CC(=O)N1CCCN(CC2CCCO2)CC1. The summed E-state index contributed by atoms with van der Waals surface area (Å²) in [5.74, 6) is 0.294. The molecular weight excluding hydrogens is 266 g/mol. The molecular formula is C16H31N3O2. The van der Waals surface area contributed by atoms with Gasteiger partial charge in [-0.05, 0) is 39.3 Å². The van der Waals surface area contributed by atoms with Crippen molar-refractivity contribution in [2.24, 2.45) is 0 Å². The number of ether oxygens (including phenoxy) is 1. The largest absolute Gasteiger partial charge is 0.377 e. The zero-order valence-electron chi connectivity index (χ0n) is 13.6. The van der Waals surface area contributed by atoms with Crippen molar-refractivity contribution in [3.8, 4) is 0 Å². The zero-order chi connectivity index (χ0) is 15.1. The monoisotopic (exact) mass is 297 g/mol. The molecule has 2 atom stereocenters. The van der Waals surface area contributed by atoms with Gasteiger partial charge in [0.2, 0.25) is 5.91 Å². The summed E-state index contributed by atoms with van der Waals surface area (Å²) in [6.45, 7) is 10.9. The van der Waals surface area contributed by atoms with Crippen LogP contribution in [0.2, 0.25) is 0 Å². The fourth-order valence-electron chi connectivity index (χ4n) is 3.29. The second-order valence-corrected chi connectivity index (χ2v) is 6.33. The van der Waals surface area contributed by atoms with E-state index >= 15 is 0 Å². The molecule has 0 aromatic rings. The van der Waals surface area contributed by atoms with Crippen LogP contribution in [0.15, 0.2) is 0 Å². The van der Waals surface area contributed by atoms with Gasteiger partial charge < -0.3 is 15.0 Å². The second kappa shape index (κ2) is 8.71. The van der Waals surface area contributed by atoms with E-state index in [4.69, 9.17) is 4.74 Å². The molecule has 0 aromatic heterocycles. The summed E-state index contributed by atoms with van der Waals surface area (Å²) in [6, 6.07) is 0.272. The van der Waals surface area contributed by atoms with Gasteiger partial charge in [0, 0.05) is 45.2 Å². The highest BCUT2D eigenvalue weighted by atomic mass is 16.5. The first-order valence-electron chi connectivity index (χ1n) is 8.54. The van der Waals surface area contributed by atoms with Gasteiger partial charge >= 0.3 is 0 Å². The van der Waals surface area contributed by atoms with E-state index in [0.29, 0.717) is 18.4 Å². The van der Waals surface area contributed by atoms with Crippen LogP contribution in [-0.2, 0) is 9.53 Å². The highest BCUT2D eigenvalue weighted by molar-refractivity contribution is 5.76. The maximum Gasteiger partial charge on any atom is 0.224 e. The molecule has 5 heteroatoms. The number of amides is 1. The van der Waals surface area contributed by atoms with E-state index in [-0.39, 0.29) is 6.04 Å². The van der Waals surface area contributed by atoms with E-state index in [1.807, 2.05) is 4.90 Å². The maximum atomic E-state index is 12.3. The van der Waals surface area contributed by atoms with Crippen molar-refractivity contribution in [1.82, 2.24) is 15.1 Å². The zero-order valence-corrected chi connectivity index (χ0v) is 13.6. The highest BCUT2D eigenvalue weighted by Gasteiger charge is 2.23. The molecule has 0 saturated carbocycles. The van der Waals surface area contributed by atoms with Crippen molar-refractivity contribution in [3.63, 3.8) is 0 Å². The third-order valence-corrected chi connectivity index (χ3v) is 4.46. The van der Waals surface area contributed by atoms with Crippen molar-refractivity contribution in [2.45, 2.75) is 51.7 Å². The smallest absolute Gasteiger partial charge is 0.224 e. The molecule has 122 valence electrons. The Kier molecular flexibility index (Phi) is 6.93. The Bertz CT molecular complexity index is 319. The molecule has 1 amide bonds. The molecule has 5 nitrogen and oxygen atoms in total. The Morgan fingerprint density at radius 1 is 1.29 bits per heavy atom. The summed E-state index contributed by atoms with van der Waals surface area (Å²) in [5.41, 5.74) is 0. The predicted molar refractivity (Wildman–Crippen MR) is 84.4 cm³/mol. The molecule has 2 aliphatic rings. The van der Waals surface area contributed by atoms with Crippen LogP contribution in [-0.4, -0.2) is 73.7 Å². The lowest BCUT2D eigenvalue weighted by Crippen LogP contribution is -2.40. The first-order valence-corrected chi connectivity index (χ1v) is 8.54. The van der Waals surface area contributed by atoms with Gasteiger partial charge in [-0.15, -0.1) is 0 Å². The number of rotatable bonds is 6. The van der Waals surface area contributed by atoms with Gasteiger partial charge in [0.25, 0.3) is 0 Å². The van der Waals surface area contributed by atoms with Gasteiger partial charge in [-0.2, -0.15) is 0 Å². The van der Waals surface area contributed by atoms with Gasteiger partial charge in [0.1, 0.15) is 0 Å².